The fourth-order valence-corrected chi connectivity index (χ4v) is 1.83. The van der Waals surface area contributed by atoms with Crippen molar-refractivity contribution in [1.29, 1.82) is 0 Å². The number of aryl methyl sites for hydroxylation is 1. The minimum absolute atomic E-state index is 0.208. The van der Waals surface area contributed by atoms with Gasteiger partial charge in [-0.2, -0.15) is 0 Å². The normalized spacial score (nSPS) is 12.5. The van der Waals surface area contributed by atoms with Crippen LogP contribution in [0.3, 0.4) is 0 Å². The standard InChI is InChI=1S/C8H12N2O2S/c1-5-8(13-4-10-5)6(9)3-7(11)12-2/h4,6H,3,9H2,1-2H3. The topological polar surface area (TPSA) is 65.2 Å². The van der Waals surface area contributed by atoms with Crippen LogP contribution in [0.5, 0.6) is 0 Å². The van der Waals surface area contributed by atoms with Crippen molar-refractivity contribution in [2.45, 2.75) is 19.4 Å². The van der Waals surface area contributed by atoms with Crippen LogP contribution >= 0.6 is 11.3 Å². The van der Waals surface area contributed by atoms with E-state index in [9.17, 15) is 4.79 Å². The highest BCUT2D eigenvalue weighted by molar-refractivity contribution is 7.09. The molecule has 0 aliphatic rings. The van der Waals surface area contributed by atoms with Gasteiger partial charge in [-0.1, -0.05) is 0 Å². The van der Waals surface area contributed by atoms with Crippen molar-refractivity contribution in [3.05, 3.63) is 16.1 Å². The van der Waals surface area contributed by atoms with Gasteiger partial charge in [-0.15, -0.1) is 11.3 Å². The Morgan fingerprint density at radius 2 is 2.54 bits per heavy atom. The van der Waals surface area contributed by atoms with E-state index in [1.807, 2.05) is 6.92 Å². The highest BCUT2D eigenvalue weighted by Crippen LogP contribution is 2.22. The number of aromatic nitrogens is 1. The summed E-state index contributed by atoms with van der Waals surface area (Å²) in [4.78, 5) is 15.9. The molecule has 0 aromatic carbocycles. The quantitative estimate of drug-likeness (QED) is 0.740. The van der Waals surface area contributed by atoms with E-state index in [2.05, 4.69) is 9.72 Å². The fraction of sp³-hybridized carbons (Fsp3) is 0.500. The van der Waals surface area contributed by atoms with Gasteiger partial charge in [-0.25, -0.2) is 4.98 Å². The van der Waals surface area contributed by atoms with Crippen molar-refractivity contribution in [2.75, 3.05) is 7.11 Å². The molecule has 5 heteroatoms. The zero-order chi connectivity index (χ0) is 9.84. The fourth-order valence-electron chi connectivity index (χ4n) is 1.02. The summed E-state index contributed by atoms with van der Waals surface area (Å²) in [6.07, 6.45) is 0.208. The first kappa shape index (κ1) is 10.1. The molecule has 72 valence electrons. The molecule has 0 spiro atoms. The molecule has 0 amide bonds. The predicted molar refractivity (Wildman–Crippen MR) is 50.4 cm³/mol. The van der Waals surface area contributed by atoms with Crippen LogP contribution in [0.15, 0.2) is 5.51 Å². The lowest BCUT2D eigenvalue weighted by Crippen LogP contribution is -2.16. The van der Waals surface area contributed by atoms with Crippen molar-refractivity contribution < 1.29 is 9.53 Å². The van der Waals surface area contributed by atoms with E-state index in [-0.39, 0.29) is 18.4 Å². The van der Waals surface area contributed by atoms with Crippen LogP contribution in [0.25, 0.3) is 0 Å². The maximum Gasteiger partial charge on any atom is 0.307 e. The second-order valence-corrected chi connectivity index (χ2v) is 3.58. The Labute approximate surface area is 80.7 Å². The maximum atomic E-state index is 10.9. The average molecular weight is 200 g/mol. The van der Waals surface area contributed by atoms with Crippen molar-refractivity contribution in [3.63, 3.8) is 0 Å². The van der Waals surface area contributed by atoms with Crippen LogP contribution in [0.1, 0.15) is 23.0 Å². The predicted octanol–water partition coefficient (Wildman–Crippen LogP) is 1.01. The van der Waals surface area contributed by atoms with Gasteiger partial charge in [0.25, 0.3) is 0 Å². The first-order chi connectivity index (χ1) is 6.15. The number of carbonyl (C=O) groups is 1. The SMILES string of the molecule is COC(=O)CC(N)c1scnc1C. The third kappa shape index (κ3) is 2.50. The molecule has 1 aromatic rings. The molecule has 0 bridgehead atoms. The van der Waals surface area contributed by atoms with Crippen LogP contribution in [-0.4, -0.2) is 18.1 Å². The summed E-state index contributed by atoms with van der Waals surface area (Å²) in [5.41, 5.74) is 8.40. The first-order valence-corrected chi connectivity index (χ1v) is 4.75. The number of esters is 1. The molecule has 1 atom stereocenters. The summed E-state index contributed by atoms with van der Waals surface area (Å²) in [5.74, 6) is -0.291. The smallest absolute Gasteiger partial charge is 0.307 e. The summed E-state index contributed by atoms with van der Waals surface area (Å²) in [6.45, 7) is 1.88. The van der Waals surface area contributed by atoms with Gasteiger partial charge in [-0.05, 0) is 6.92 Å². The van der Waals surface area contributed by atoms with E-state index >= 15 is 0 Å². The number of rotatable bonds is 3. The monoisotopic (exact) mass is 200 g/mol. The number of nitrogens with zero attached hydrogens (tertiary/aromatic N) is 1. The Balaban J connectivity index is 2.63. The van der Waals surface area contributed by atoms with E-state index in [1.54, 1.807) is 5.51 Å². The van der Waals surface area contributed by atoms with Gasteiger partial charge in [0.15, 0.2) is 0 Å². The highest BCUT2D eigenvalue weighted by atomic mass is 32.1. The number of thiazole rings is 1. The van der Waals surface area contributed by atoms with Crippen LogP contribution < -0.4 is 5.73 Å². The van der Waals surface area contributed by atoms with E-state index < -0.39 is 0 Å². The van der Waals surface area contributed by atoms with Crippen molar-refractivity contribution >= 4 is 17.3 Å². The number of nitrogens with two attached hydrogens (primary N) is 1. The summed E-state index contributed by atoms with van der Waals surface area (Å²) in [5, 5.41) is 0. The zero-order valence-corrected chi connectivity index (χ0v) is 8.43. The first-order valence-electron chi connectivity index (χ1n) is 3.87. The van der Waals surface area contributed by atoms with Crippen LogP contribution in [0.2, 0.25) is 0 Å². The number of hydrogen-bond donors (Lipinski definition) is 1. The maximum absolute atomic E-state index is 10.9. The van der Waals surface area contributed by atoms with Gasteiger partial charge in [0.05, 0.1) is 30.8 Å². The number of ether oxygens (including phenoxy) is 1. The number of hydrogen-bond acceptors (Lipinski definition) is 5. The molecule has 1 rings (SSSR count). The Hall–Kier alpha value is -0.940. The van der Waals surface area contributed by atoms with Gasteiger partial charge < -0.3 is 10.5 Å². The van der Waals surface area contributed by atoms with E-state index in [1.165, 1.54) is 18.4 Å². The molecule has 0 aliphatic carbocycles. The second-order valence-electron chi connectivity index (χ2n) is 2.69. The molecule has 1 unspecified atom stereocenters. The molecule has 0 aliphatic heterocycles. The molecule has 0 fully saturated rings. The third-order valence-corrected chi connectivity index (χ3v) is 2.80. The molecule has 1 aromatic heterocycles. The largest absolute Gasteiger partial charge is 0.469 e. The van der Waals surface area contributed by atoms with E-state index in [0.717, 1.165) is 10.6 Å². The third-order valence-electron chi connectivity index (χ3n) is 1.73. The highest BCUT2D eigenvalue weighted by Gasteiger charge is 2.15. The molecule has 2 N–H and O–H groups in total. The molecular formula is C8H12N2O2S. The van der Waals surface area contributed by atoms with Crippen molar-refractivity contribution in [2.24, 2.45) is 5.73 Å². The molecule has 0 saturated heterocycles. The minimum Gasteiger partial charge on any atom is -0.469 e. The Bertz CT molecular complexity index is 298. The Morgan fingerprint density at radius 1 is 1.85 bits per heavy atom. The Morgan fingerprint density at radius 3 is 3.00 bits per heavy atom. The summed E-state index contributed by atoms with van der Waals surface area (Å²) in [6, 6.07) is -0.292. The van der Waals surface area contributed by atoms with E-state index in [4.69, 9.17) is 5.73 Å². The summed E-state index contributed by atoms with van der Waals surface area (Å²) < 4.78 is 4.52. The van der Waals surface area contributed by atoms with Gasteiger partial charge in [0.2, 0.25) is 0 Å². The van der Waals surface area contributed by atoms with Gasteiger partial charge in [0.1, 0.15) is 0 Å². The average Bonchev–Trinajstić information content (AvgIpc) is 2.51. The lowest BCUT2D eigenvalue weighted by molar-refractivity contribution is -0.141. The lowest BCUT2D eigenvalue weighted by Gasteiger charge is -2.07. The molecule has 0 saturated carbocycles. The van der Waals surface area contributed by atoms with Gasteiger partial charge >= 0.3 is 5.97 Å². The van der Waals surface area contributed by atoms with Crippen LogP contribution in [0, 0.1) is 6.92 Å². The van der Waals surface area contributed by atoms with Crippen molar-refractivity contribution in [1.82, 2.24) is 4.98 Å². The molecule has 13 heavy (non-hydrogen) atoms. The molecule has 0 radical (unpaired) electrons. The Kier molecular flexibility index (Phi) is 3.39. The molecule has 4 nitrogen and oxygen atoms in total. The number of carbonyl (C=O) groups excluding carboxylic acids is 1. The summed E-state index contributed by atoms with van der Waals surface area (Å²) >= 11 is 1.47. The van der Waals surface area contributed by atoms with Gasteiger partial charge in [-0.3, -0.25) is 4.79 Å². The zero-order valence-electron chi connectivity index (χ0n) is 7.61. The molecule has 1 heterocycles. The van der Waals surface area contributed by atoms with Crippen LogP contribution in [-0.2, 0) is 9.53 Å². The minimum atomic E-state index is -0.292. The lowest BCUT2D eigenvalue weighted by atomic mass is 10.1. The molecular weight excluding hydrogens is 188 g/mol. The van der Waals surface area contributed by atoms with Gasteiger partial charge in [0, 0.05) is 4.88 Å². The van der Waals surface area contributed by atoms with Crippen molar-refractivity contribution in [3.8, 4) is 0 Å². The van der Waals surface area contributed by atoms with E-state index in [0.29, 0.717) is 0 Å². The number of methoxy groups -OCH3 is 1. The summed E-state index contributed by atoms with van der Waals surface area (Å²) in [7, 11) is 1.36. The second kappa shape index (κ2) is 4.34. The van der Waals surface area contributed by atoms with Crippen LogP contribution in [0.4, 0.5) is 0 Å².